The van der Waals surface area contributed by atoms with Gasteiger partial charge in [-0.15, -0.1) is 0 Å². The average molecular weight is 287 g/mol. The molecule has 0 spiro atoms. The summed E-state index contributed by atoms with van der Waals surface area (Å²) >= 11 is 0. The molecule has 0 atom stereocenters. The molecule has 0 aliphatic rings. The fourth-order valence-corrected chi connectivity index (χ4v) is 1.99. The third kappa shape index (κ3) is 3.54. The second kappa shape index (κ2) is 6.79. The van der Waals surface area contributed by atoms with Crippen molar-refractivity contribution in [1.82, 2.24) is 5.32 Å². The molecule has 0 unspecified atom stereocenters. The first-order valence-corrected chi connectivity index (χ1v) is 6.56. The molecule has 1 amide bonds. The van der Waals surface area contributed by atoms with E-state index in [0.717, 1.165) is 11.6 Å². The van der Waals surface area contributed by atoms with E-state index in [1.54, 1.807) is 0 Å². The van der Waals surface area contributed by atoms with Crippen LogP contribution in [0.4, 0.5) is 8.78 Å². The Morgan fingerprint density at radius 2 is 1.86 bits per heavy atom. The summed E-state index contributed by atoms with van der Waals surface area (Å²) in [4.78, 5) is 11.9. The summed E-state index contributed by atoms with van der Waals surface area (Å²) in [5, 5.41) is 2.53. The SMILES string of the molecule is C=Cc1ccc(F)c(C(=O)NCCc2ccccc2)c1F. The highest BCUT2D eigenvalue weighted by molar-refractivity contribution is 5.95. The first-order valence-electron chi connectivity index (χ1n) is 6.56. The lowest BCUT2D eigenvalue weighted by Gasteiger charge is -2.09. The molecule has 0 radical (unpaired) electrons. The molecule has 0 fully saturated rings. The van der Waals surface area contributed by atoms with E-state index in [9.17, 15) is 13.6 Å². The van der Waals surface area contributed by atoms with E-state index in [-0.39, 0.29) is 5.56 Å². The van der Waals surface area contributed by atoms with Crippen LogP contribution in [0.1, 0.15) is 21.5 Å². The highest BCUT2D eigenvalue weighted by Crippen LogP contribution is 2.17. The van der Waals surface area contributed by atoms with Gasteiger partial charge in [-0.2, -0.15) is 0 Å². The largest absolute Gasteiger partial charge is 0.352 e. The molecule has 21 heavy (non-hydrogen) atoms. The first kappa shape index (κ1) is 14.9. The standard InChI is InChI=1S/C17H15F2NO/c1-2-13-8-9-14(18)15(16(13)19)17(21)20-11-10-12-6-4-3-5-7-12/h2-9H,1,10-11H2,(H,20,21). The summed E-state index contributed by atoms with van der Waals surface area (Å²) in [5.74, 6) is -2.53. The Morgan fingerprint density at radius 1 is 1.14 bits per heavy atom. The molecule has 0 bridgehead atoms. The lowest BCUT2D eigenvalue weighted by molar-refractivity contribution is 0.0945. The van der Waals surface area contributed by atoms with Gasteiger partial charge in [0.2, 0.25) is 0 Å². The molecular formula is C17H15F2NO. The van der Waals surface area contributed by atoms with E-state index in [4.69, 9.17) is 0 Å². The van der Waals surface area contributed by atoms with Gasteiger partial charge in [-0.1, -0.05) is 43.0 Å². The number of carbonyl (C=O) groups is 1. The van der Waals surface area contributed by atoms with Crippen molar-refractivity contribution in [3.05, 3.63) is 77.4 Å². The van der Waals surface area contributed by atoms with Crippen LogP contribution < -0.4 is 5.32 Å². The van der Waals surface area contributed by atoms with Crippen molar-refractivity contribution in [2.24, 2.45) is 0 Å². The van der Waals surface area contributed by atoms with E-state index in [1.807, 2.05) is 30.3 Å². The minimum Gasteiger partial charge on any atom is -0.352 e. The minimum atomic E-state index is -0.887. The van der Waals surface area contributed by atoms with Crippen LogP contribution in [0.2, 0.25) is 0 Å². The van der Waals surface area contributed by atoms with Crippen LogP contribution in [-0.4, -0.2) is 12.5 Å². The Morgan fingerprint density at radius 3 is 2.52 bits per heavy atom. The van der Waals surface area contributed by atoms with Crippen LogP contribution in [0.3, 0.4) is 0 Å². The highest BCUT2D eigenvalue weighted by Gasteiger charge is 2.19. The number of benzene rings is 2. The molecule has 0 saturated carbocycles. The summed E-state index contributed by atoms with van der Waals surface area (Å²) in [7, 11) is 0. The quantitative estimate of drug-likeness (QED) is 0.894. The molecule has 0 aliphatic carbocycles. The predicted octanol–water partition coefficient (Wildman–Crippen LogP) is 3.58. The van der Waals surface area contributed by atoms with E-state index >= 15 is 0 Å². The normalized spacial score (nSPS) is 10.2. The molecule has 4 heteroatoms. The second-order valence-electron chi connectivity index (χ2n) is 4.52. The maximum atomic E-state index is 14.0. The Hall–Kier alpha value is -2.49. The van der Waals surface area contributed by atoms with Crippen LogP contribution >= 0.6 is 0 Å². The van der Waals surface area contributed by atoms with Crippen molar-refractivity contribution in [1.29, 1.82) is 0 Å². The van der Waals surface area contributed by atoms with E-state index in [2.05, 4.69) is 11.9 Å². The molecule has 2 rings (SSSR count). The Balaban J connectivity index is 2.05. The summed E-state index contributed by atoms with van der Waals surface area (Å²) < 4.78 is 27.6. The van der Waals surface area contributed by atoms with Gasteiger partial charge in [0.15, 0.2) is 0 Å². The van der Waals surface area contributed by atoms with E-state index in [1.165, 1.54) is 12.1 Å². The van der Waals surface area contributed by atoms with Crippen molar-refractivity contribution in [3.8, 4) is 0 Å². The zero-order chi connectivity index (χ0) is 15.2. The third-order valence-corrected chi connectivity index (χ3v) is 3.11. The summed E-state index contributed by atoms with van der Waals surface area (Å²) in [6, 6.07) is 11.8. The van der Waals surface area contributed by atoms with Crippen LogP contribution in [0.15, 0.2) is 49.0 Å². The summed E-state index contributed by atoms with van der Waals surface area (Å²) in [6.45, 7) is 3.74. The smallest absolute Gasteiger partial charge is 0.257 e. The monoisotopic (exact) mass is 287 g/mol. The zero-order valence-electron chi connectivity index (χ0n) is 11.4. The lowest BCUT2D eigenvalue weighted by atomic mass is 10.1. The fraction of sp³-hybridized carbons (Fsp3) is 0.118. The lowest BCUT2D eigenvalue weighted by Crippen LogP contribution is -2.27. The van der Waals surface area contributed by atoms with Crippen LogP contribution in [-0.2, 0) is 6.42 Å². The van der Waals surface area contributed by atoms with Crippen molar-refractivity contribution in [3.63, 3.8) is 0 Å². The minimum absolute atomic E-state index is 0.101. The number of hydrogen-bond acceptors (Lipinski definition) is 1. The summed E-state index contributed by atoms with van der Waals surface area (Å²) in [5.41, 5.74) is 0.573. The summed E-state index contributed by atoms with van der Waals surface area (Å²) in [6.07, 6.45) is 1.84. The van der Waals surface area contributed by atoms with E-state index in [0.29, 0.717) is 13.0 Å². The van der Waals surface area contributed by atoms with E-state index < -0.39 is 23.1 Å². The van der Waals surface area contributed by atoms with Gasteiger partial charge in [-0.3, -0.25) is 4.79 Å². The molecule has 2 aromatic carbocycles. The topological polar surface area (TPSA) is 29.1 Å². The van der Waals surface area contributed by atoms with Gasteiger partial charge >= 0.3 is 0 Å². The maximum absolute atomic E-state index is 14.0. The number of carbonyl (C=O) groups excluding carboxylic acids is 1. The Bertz CT molecular complexity index is 653. The van der Waals surface area contributed by atoms with Gasteiger partial charge in [-0.25, -0.2) is 8.78 Å². The van der Waals surface area contributed by atoms with Crippen LogP contribution in [0, 0.1) is 11.6 Å². The number of rotatable bonds is 5. The zero-order valence-corrected chi connectivity index (χ0v) is 11.4. The number of halogens is 2. The number of hydrogen-bond donors (Lipinski definition) is 1. The molecule has 108 valence electrons. The molecule has 2 nitrogen and oxygen atoms in total. The maximum Gasteiger partial charge on any atom is 0.257 e. The second-order valence-corrected chi connectivity index (χ2v) is 4.52. The fourth-order valence-electron chi connectivity index (χ4n) is 1.99. The van der Waals surface area contributed by atoms with Gasteiger partial charge in [0, 0.05) is 12.1 Å². The van der Waals surface area contributed by atoms with Gasteiger partial charge in [0.05, 0.1) is 0 Å². The molecule has 0 aliphatic heterocycles. The predicted molar refractivity (Wildman–Crippen MR) is 78.9 cm³/mol. The van der Waals surface area contributed by atoms with Gasteiger partial charge in [-0.05, 0) is 24.1 Å². The first-order chi connectivity index (χ1) is 10.1. The third-order valence-electron chi connectivity index (χ3n) is 3.11. The highest BCUT2D eigenvalue weighted by atomic mass is 19.1. The Labute approximate surface area is 122 Å². The molecule has 1 N–H and O–H groups in total. The van der Waals surface area contributed by atoms with Crippen molar-refractivity contribution < 1.29 is 13.6 Å². The van der Waals surface area contributed by atoms with Crippen molar-refractivity contribution >= 4 is 12.0 Å². The van der Waals surface area contributed by atoms with Crippen LogP contribution in [0.5, 0.6) is 0 Å². The number of nitrogens with one attached hydrogen (secondary N) is 1. The molecule has 0 saturated heterocycles. The molecule has 2 aromatic rings. The molecule has 0 heterocycles. The molecule has 0 aromatic heterocycles. The average Bonchev–Trinajstić information content (AvgIpc) is 2.48. The number of amides is 1. The van der Waals surface area contributed by atoms with Gasteiger partial charge < -0.3 is 5.32 Å². The van der Waals surface area contributed by atoms with Crippen molar-refractivity contribution in [2.45, 2.75) is 6.42 Å². The molecular weight excluding hydrogens is 272 g/mol. The van der Waals surface area contributed by atoms with Crippen molar-refractivity contribution in [2.75, 3.05) is 6.54 Å². The Kier molecular flexibility index (Phi) is 4.82. The van der Waals surface area contributed by atoms with Gasteiger partial charge in [0.25, 0.3) is 5.91 Å². The van der Waals surface area contributed by atoms with Gasteiger partial charge in [0.1, 0.15) is 17.2 Å². The van der Waals surface area contributed by atoms with Crippen LogP contribution in [0.25, 0.3) is 6.08 Å².